The second-order valence-corrected chi connectivity index (χ2v) is 5.34. The summed E-state index contributed by atoms with van der Waals surface area (Å²) >= 11 is 0. The summed E-state index contributed by atoms with van der Waals surface area (Å²) in [7, 11) is 0. The van der Waals surface area contributed by atoms with E-state index in [9.17, 15) is 9.59 Å². The number of carbonyl (C=O) groups is 2. The SMILES string of the molecule is CCOC(=O)c1ccccc1NC(=O)c1ccccc1-c1ncccn1. The van der Waals surface area contributed by atoms with Crippen LogP contribution in [0.5, 0.6) is 0 Å². The van der Waals surface area contributed by atoms with Crippen LogP contribution >= 0.6 is 0 Å². The van der Waals surface area contributed by atoms with E-state index >= 15 is 0 Å². The first-order valence-electron chi connectivity index (χ1n) is 8.14. The summed E-state index contributed by atoms with van der Waals surface area (Å²) in [5.41, 5.74) is 1.72. The van der Waals surface area contributed by atoms with E-state index < -0.39 is 5.97 Å². The predicted octanol–water partition coefficient (Wildman–Crippen LogP) is 3.57. The van der Waals surface area contributed by atoms with Gasteiger partial charge in [-0.15, -0.1) is 0 Å². The Kier molecular flexibility index (Phi) is 5.34. The van der Waals surface area contributed by atoms with Crippen LogP contribution in [0.3, 0.4) is 0 Å². The molecule has 0 saturated heterocycles. The van der Waals surface area contributed by atoms with Gasteiger partial charge in [-0.1, -0.05) is 30.3 Å². The van der Waals surface area contributed by atoms with Crippen LogP contribution in [-0.2, 0) is 4.74 Å². The highest BCUT2D eigenvalue weighted by molar-refractivity contribution is 6.10. The van der Waals surface area contributed by atoms with Crippen LogP contribution in [0.2, 0.25) is 0 Å². The molecule has 0 bridgehead atoms. The number of anilines is 1. The summed E-state index contributed by atoms with van der Waals surface area (Å²) in [6, 6.07) is 15.5. The molecule has 3 aromatic rings. The largest absolute Gasteiger partial charge is 0.462 e. The molecular weight excluding hydrogens is 330 g/mol. The summed E-state index contributed by atoms with van der Waals surface area (Å²) < 4.78 is 5.04. The highest BCUT2D eigenvalue weighted by Gasteiger charge is 2.18. The molecule has 6 heteroatoms. The Morgan fingerprint density at radius 1 is 0.923 bits per heavy atom. The summed E-state index contributed by atoms with van der Waals surface area (Å²) in [5, 5.41) is 2.78. The molecule has 0 spiro atoms. The lowest BCUT2D eigenvalue weighted by atomic mass is 10.1. The molecule has 0 aliphatic heterocycles. The van der Waals surface area contributed by atoms with Gasteiger partial charge in [-0.2, -0.15) is 0 Å². The molecule has 26 heavy (non-hydrogen) atoms. The molecule has 0 radical (unpaired) electrons. The second kappa shape index (κ2) is 8.02. The van der Waals surface area contributed by atoms with E-state index in [2.05, 4.69) is 15.3 Å². The zero-order valence-corrected chi connectivity index (χ0v) is 14.2. The maximum absolute atomic E-state index is 12.8. The van der Waals surface area contributed by atoms with Gasteiger partial charge in [0.05, 0.1) is 23.4 Å². The molecule has 0 fully saturated rings. The zero-order valence-electron chi connectivity index (χ0n) is 14.2. The molecule has 6 nitrogen and oxygen atoms in total. The summed E-state index contributed by atoms with van der Waals surface area (Å²) in [6.45, 7) is 1.99. The van der Waals surface area contributed by atoms with E-state index in [1.54, 1.807) is 67.8 Å². The van der Waals surface area contributed by atoms with Crippen LogP contribution in [0.4, 0.5) is 5.69 Å². The number of amides is 1. The van der Waals surface area contributed by atoms with Gasteiger partial charge in [0.15, 0.2) is 5.82 Å². The maximum atomic E-state index is 12.8. The number of ether oxygens (including phenoxy) is 1. The highest BCUT2D eigenvalue weighted by atomic mass is 16.5. The van der Waals surface area contributed by atoms with E-state index in [1.807, 2.05) is 6.07 Å². The van der Waals surface area contributed by atoms with Gasteiger partial charge in [0.25, 0.3) is 5.91 Å². The molecule has 3 rings (SSSR count). The van der Waals surface area contributed by atoms with Gasteiger partial charge in [0.1, 0.15) is 0 Å². The summed E-state index contributed by atoms with van der Waals surface area (Å²) in [5.74, 6) is -0.384. The van der Waals surface area contributed by atoms with Crippen LogP contribution in [0, 0.1) is 0 Å². The van der Waals surface area contributed by atoms with Gasteiger partial charge in [-0.25, -0.2) is 14.8 Å². The van der Waals surface area contributed by atoms with E-state index in [0.717, 1.165) is 0 Å². The molecule has 0 atom stereocenters. The third-order valence-electron chi connectivity index (χ3n) is 3.65. The monoisotopic (exact) mass is 347 g/mol. The first-order valence-corrected chi connectivity index (χ1v) is 8.14. The summed E-state index contributed by atoms with van der Waals surface area (Å²) in [6.07, 6.45) is 3.24. The van der Waals surface area contributed by atoms with E-state index in [-0.39, 0.29) is 12.5 Å². The Morgan fingerprint density at radius 3 is 2.31 bits per heavy atom. The fraction of sp³-hybridized carbons (Fsp3) is 0.100. The minimum absolute atomic E-state index is 0.259. The van der Waals surface area contributed by atoms with Crippen LogP contribution in [0.1, 0.15) is 27.6 Å². The summed E-state index contributed by atoms with van der Waals surface area (Å²) in [4.78, 5) is 33.3. The average Bonchev–Trinajstić information content (AvgIpc) is 2.69. The van der Waals surface area contributed by atoms with Crippen molar-refractivity contribution in [1.29, 1.82) is 0 Å². The standard InChI is InChI=1S/C20H17N3O3/c1-2-26-20(25)16-10-5-6-11-17(16)23-19(24)15-9-4-3-8-14(15)18-21-12-7-13-22-18/h3-13H,2H2,1H3,(H,23,24). The van der Waals surface area contributed by atoms with Crippen molar-refractivity contribution < 1.29 is 14.3 Å². The second-order valence-electron chi connectivity index (χ2n) is 5.34. The van der Waals surface area contributed by atoms with Crippen molar-refractivity contribution in [2.24, 2.45) is 0 Å². The molecule has 1 heterocycles. The van der Waals surface area contributed by atoms with Crippen molar-refractivity contribution in [1.82, 2.24) is 9.97 Å². The van der Waals surface area contributed by atoms with Crippen molar-refractivity contribution in [3.05, 3.63) is 78.1 Å². The quantitative estimate of drug-likeness (QED) is 0.714. The first kappa shape index (κ1) is 17.3. The lowest BCUT2D eigenvalue weighted by molar-refractivity contribution is 0.0527. The lowest BCUT2D eigenvalue weighted by Gasteiger charge is -2.12. The number of carbonyl (C=O) groups excluding carboxylic acids is 2. The molecule has 0 saturated carbocycles. The minimum Gasteiger partial charge on any atom is -0.462 e. The van der Waals surface area contributed by atoms with Gasteiger partial charge >= 0.3 is 5.97 Å². The zero-order chi connectivity index (χ0) is 18.4. The molecule has 1 N–H and O–H groups in total. The molecule has 2 aromatic carbocycles. The van der Waals surface area contributed by atoms with Crippen LogP contribution in [0.25, 0.3) is 11.4 Å². The minimum atomic E-state index is -0.483. The van der Waals surface area contributed by atoms with E-state index in [4.69, 9.17) is 4.74 Å². The molecular formula is C20H17N3O3. The van der Waals surface area contributed by atoms with Crippen molar-refractivity contribution in [3.8, 4) is 11.4 Å². The van der Waals surface area contributed by atoms with E-state index in [0.29, 0.717) is 28.2 Å². The Balaban J connectivity index is 1.92. The van der Waals surface area contributed by atoms with Crippen molar-refractivity contribution in [3.63, 3.8) is 0 Å². The van der Waals surface area contributed by atoms with Crippen molar-refractivity contribution in [2.45, 2.75) is 6.92 Å². The van der Waals surface area contributed by atoms with Crippen LogP contribution in [0.15, 0.2) is 67.0 Å². The Bertz CT molecular complexity index is 926. The number of hydrogen-bond donors (Lipinski definition) is 1. The first-order chi connectivity index (χ1) is 12.7. The highest BCUT2D eigenvalue weighted by Crippen LogP contribution is 2.22. The number of rotatable bonds is 5. The van der Waals surface area contributed by atoms with Crippen molar-refractivity contribution >= 4 is 17.6 Å². The van der Waals surface area contributed by atoms with Gasteiger partial charge in [-0.05, 0) is 31.2 Å². The Morgan fingerprint density at radius 2 is 1.58 bits per heavy atom. The fourth-order valence-corrected chi connectivity index (χ4v) is 2.48. The number of aromatic nitrogens is 2. The molecule has 130 valence electrons. The molecule has 0 unspecified atom stereocenters. The van der Waals surface area contributed by atoms with Crippen LogP contribution in [-0.4, -0.2) is 28.5 Å². The van der Waals surface area contributed by atoms with Crippen LogP contribution < -0.4 is 5.32 Å². The maximum Gasteiger partial charge on any atom is 0.340 e. The number of hydrogen-bond acceptors (Lipinski definition) is 5. The fourth-order valence-electron chi connectivity index (χ4n) is 2.48. The number of nitrogens with zero attached hydrogens (tertiary/aromatic N) is 2. The smallest absolute Gasteiger partial charge is 0.340 e. The van der Waals surface area contributed by atoms with Gasteiger partial charge in [-0.3, -0.25) is 4.79 Å². The molecule has 1 amide bonds. The Hall–Kier alpha value is -3.54. The van der Waals surface area contributed by atoms with Gasteiger partial charge in [0.2, 0.25) is 0 Å². The van der Waals surface area contributed by atoms with Crippen molar-refractivity contribution in [2.75, 3.05) is 11.9 Å². The normalized spacial score (nSPS) is 10.2. The molecule has 0 aliphatic carbocycles. The van der Waals surface area contributed by atoms with Gasteiger partial charge < -0.3 is 10.1 Å². The molecule has 1 aromatic heterocycles. The number of esters is 1. The third-order valence-corrected chi connectivity index (χ3v) is 3.65. The number of para-hydroxylation sites is 1. The lowest BCUT2D eigenvalue weighted by Crippen LogP contribution is -2.17. The number of benzene rings is 2. The third kappa shape index (κ3) is 3.75. The topological polar surface area (TPSA) is 81.2 Å². The Labute approximate surface area is 150 Å². The average molecular weight is 347 g/mol. The van der Waals surface area contributed by atoms with Gasteiger partial charge in [0, 0.05) is 18.0 Å². The van der Waals surface area contributed by atoms with E-state index in [1.165, 1.54) is 0 Å². The number of nitrogens with one attached hydrogen (secondary N) is 1. The molecule has 0 aliphatic rings. The predicted molar refractivity (Wildman–Crippen MR) is 97.8 cm³/mol.